The maximum absolute atomic E-state index is 12.2. The van der Waals surface area contributed by atoms with Crippen molar-refractivity contribution in [2.75, 3.05) is 20.2 Å². The predicted octanol–water partition coefficient (Wildman–Crippen LogP) is 2.43. The highest BCUT2D eigenvalue weighted by atomic mass is 32.1. The van der Waals surface area contributed by atoms with Crippen molar-refractivity contribution in [3.63, 3.8) is 0 Å². The Morgan fingerprint density at radius 2 is 2.23 bits per heavy atom. The fourth-order valence-electron chi connectivity index (χ4n) is 2.49. The number of carbonyl (C=O) groups excluding carboxylic acids is 1. The molecule has 1 fully saturated rings. The van der Waals surface area contributed by atoms with E-state index in [1.165, 1.54) is 0 Å². The van der Waals surface area contributed by atoms with Crippen molar-refractivity contribution in [1.29, 1.82) is 0 Å². The molecule has 1 aromatic heterocycles. The van der Waals surface area contributed by atoms with E-state index in [-0.39, 0.29) is 24.3 Å². The number of thiazole rings is 1. The van der Waals surface area contributed by atoms with E-state index in [1.807, 2.05) is 26.2 Å². The van der Waals surface area contributed by atoms with Gasteiger partial charge in [-0.15, -0.1) is 11.3 Å². The van der Waals surface area contributed by atoms with E-state index in [1.54, 1.807) is 29.5 Å². The normalized spacial score (nSPS) is 23.6. The summed E-state index contributed by atoms with van der Waals surface area (Å²) in [6.07, 6.45) is 1.46. The Hall–Kier alpha value is -1.18. The molecule has 2 heterocycles. The molecule has 22 heavy (non-hydrogen) atoms. The SMILES string of the molecule is CO[C@H]1CN(C(=O)OC(C)(C)C)CC1NC(C)c1nccs1. The number of likely N-dealkylation sites (tertiary alicyclic amines) is 1. The molecule has 0 saturated carbocycles. The lowest BCUT2D eigenvalue weighted by atomic mass is 10.2. The third kappa shape index (κ3) is 4.41. The van der Waals surface area contributed by atoms with Gasteiger partial charge in [-0.1, -0.05) is 0 Å². The minimum Gasteiger partial charge on any atom is -0.444 e. The second-order valence-electron chi connectivity index (χ2n) is 6.52. The smallest absolute Gasteiger partial charge is 0.410 e. The van der Waals surface area contributed by atoms with Crippen molar-refractivity contribution in [3.05, 3.63) is 16.6 Å². The average molecular weight is 327 g/mol. The molecule has 0 spiro atoms. The van der Waals surface area contributed by atoms with Crippen LogP contribution in [-0.4, -0.2) is 53.9 Å². The van der Waals surface area contributed by atoms with Gasteiger partial charge in [0.25, 0.3) is 0 Å². The zero-order valence-corrected chi connectivity index (χ0v) is 14.6. The van der Waals surface area contributed by atoms with Crippen LogP contribution in [0.15, 0.2) is 11.6 Å². The van der Waals surface area contributed by atoms with E-state index in [0.717, 1.165) is 5.01 Å². The Balaban J connectivity index is 1.96. The quantitative estimate of drug-likeness (QED) is 0.920. The van der Waals surface area contributed by atoms with Gasteiger partial charge < -0.3 is 19.7 Å². The van der Waals surface area contributed by atoms with Gasteiger partial charge in [0.2, 0.25) is 0 Å². The summed E-state index contributed by atoms with van der Waals surface area (Å²) in [5, 5.41) is 6.50. The summed E-state index contributed by atoms with van der Waals surface area (Å²) in [6, 6.07) is 0.192. The number of hydrogen-bond acceptors (Lipinski definition) is 6. The molecule has 1 N–H and O–H groups in total. The van der Waals surface area contributed by atoms with Gasteiger partial charge >= 0.3 is 6.09 Å². The second kappa shape index (κ2) is 6.93. The highest BCUT2D eigenvalue weighted by Crippen LogP contribution is 2.21. The number of nitrogens with one attached hydrogen (secondary N) is 1. The molecule has 0 aliphatic carbocycles. The van der Waals surface area contributed by atoms with Gasteiger partial charge in [-0.25, -0.2) is 9.78 Å². The molecule has 1 amide bonds. The van der Waals surface area contributed by atoms with Gasteiger partial charge in [-0.3, -0.25) is 0 Å². The molecule has 1 aromatic rings. The molecule has 1 aliphatic rings. The second-order valence-corrected chi connectivity index (χ2v) is 7.45. The Morgan fingerprint density at radius 3 is 2.77 bits per heavy atom. The molecule has 1 aliphatic heterocycles. The summed E-state index contributed by atoms with van der Waals surface area (Å²) >= 11 is 1.62. The highest BCUT2D eigenvalue weighted by molar-refractivity contribution is 7.09. The molecule has 0 bridgehead atoms. The van der Waals surface area contributed by atoms with Gasteiger partial charge in [0.15, 0.2) is 0 Å². The maximum atomic E-state index is 12.2. The summed E-state index contributed by atoms with van der Waals surface area (Å²) in [6.45, 7) is 8.79. The first-order valence-electron chi connectivity index (χ1n) is 7.46. The Morgan fingerprint density at radius 1 is 1.50 bits per heavy atom. The Kier molecular flexibility index (Phi) is 5.41. The van der Waals surface area contributed by atoms with Crippen molar-refractivity contribution < 1.29 is 14.3 Å². The number of methoxy groups -OCH3 is 1. The molecule has 2 rings (SSSR count). The van der Waals surface area contributed by atoms with Crippen molar-refractivity contribution in [2.24, 2.45) is 0 Å². The van der Waals surface area contributed by atoms with Crippen LogP contribution in [0.2, 0.25) is 0 Å². The minimum absolute atomic E-state index is 0.0464. The summed E-state index contributed by atoms with van der Waals surface area (Å²) in [7, 11) is 1.67. The standard InChI is InChI=1S/C15H25N3O3S/c1-10(13-16-6-7-22-13)17-11-8-18(9-12(11)20-5)14(19)21-15(2,3)4/h6-7,10-12,17H,8-9H2,1-5H3/t10?,11?,12-/m0/s1. The molecule has 0 radical (unpaired) electrons. The number of carbonyl (C=O) groups is 1. The van der Waals surface area contributed by atoms with Crippen molar-refractivity contribution in [2.45, 2.75) is 51.5 Å². The van der Waals surface area contributed by atoms with E-state index < -0.39 is 5.60 Å². The summed E-state index contributed by atoms with van der Waals surface area (Å²) in [4.78, 5) is 18.2. The summed E-state index contributed by atoms with van der Waals surface area (Å²) < 4.78 is 11.0. The van der Waals surface area contributed by atoms with Gasteiger partial charge in [0, 0.05) is 25.2 Å². The van der Waals surface area contributed by atoms with Crippen molar-refractivity contribution in [3.8, 4) is 0 Å². The number of hydrogen-bond donors (Lipinski definition) is 1. The van der Waals surface area contributed by atoms with E-state index in [9.17, 15) is 4.79 Å². The lowest BCUT2D eigenvalue weighted by Crippen LogP contribution is -2.41. The predicted molar refractivity (Wildman–Crippen MR) is 86.1 cm³/mol. The molecule has 124 valence electrons. The first-order valence-corrected chi connectivity index (χ1v) is 8.34. The van der Waals surface area contributed by atoms with E-state index in [2.05, 4.69) is 17.2 Å². The third-order valence-electron chi connectivity index (χ3n) is 3.51. The van der Waals surface area contributed by atoms with E-state index >= 15 is 0 Å². The molecule has 1 saturated heterocycles. The topological polar surface area (TPSA) is 63.7 Å². The molecular weight excluding hydrogens is 302 g/mol. The molecule has 7 heteroatoms. The van der Waals surface area contributed by atoms with Crippen LogP contribution < -0.4 is 5.32 Å². The van der Waals surface area contributed by atoms with E-state index in [0.29, 0.717) is 13.1 Å². The van der Waals surface area contributed by atoms with Crippen LogP contribution in [0.1, 0.15) is 38.7 Å². The van der Waals surface area contributed by atoms with Gasteiger partial charge in [0.05, 0.1) is 24.7 Å². The Bertz CT molecular complexity index is 487. The largest absolute Gasteiger partial charge is 0.444 e. The highest BCUT2D eigenvalue weighted by Gasteiger charge is 2.38. The molecule has 3 atom stereocenters. The van der Waals surface area contributed by atoms with Gasteiger partial charge in [-0.2, -0.15) is 0 Å². The fraction of sp³-hybridized carbons (Fsp3) is 0.733. The third-order valence-corrected chi connectivity index (χ3v) is 4.46. The molecule has 6 nitrogen and oxygen atoms in total. The van der Waals surface area contributed by atoms with Crippen LogP contribution >= 0.6 is 11.3 Å². The van der Waals surface area contributed by atoms with Crippen LogP contribution in [0.4, 0.5) is 4.79 Å². The number of nitrogens with zero attached hydrogens (tertiary/aromatic N) is 2. The minimum atomic E-state index is -0.487. The molecular formula is C15H25N3O3S. The summed E-state index contributed by atoms with van der Waals surface area (Å²) in [5.74, 6) is 0. The van der Waals surface area contributed by atoms with Crippen LogP contribution in [0.5, 0.6) is 0 Å². The van der Waals surface area contributed by atoms with Gasteiger partial charge in [0.1, 0.15) is 10.6 Å². The van der Waals surface area contributed by atoms with Crippen LogP contribution in [-0.2, 0) is 9.47 Å². The van der Waals surface area contributed by atoms with Crippen molar-refractivity contribution >= 4 is 17.4 Å². The maximum Gasteiger partial charge on any atom is 0.410 e. The van der Waals surface area contributed by atoms with Crippen molar-refractivity contribution in [1.82, 2.24) is 15.2 Å². The van der Waals surface area contributed by atoms with Gasteiger partial charge in [-0.05, 0) is 27.7 Å². The van der Waals surface area contributed by atoms with Crippen LogP contribution in [0, 0.1) is 0 Å². The van der Waals surface area contributed by atoms with Crippen LogP contribution in [0.25, 0.3) is 0 Å². The average Bonchev–Trinajstić information content (AvgIpc) is 3.05. The van der Waals surface area contributed by atoms with Crippen LogP contribution in [0.3, 0.4) is 0 Å². The fourth-order valence-corrected chi connectivity index (χ4v) is 3.14. The number of rotatable bonds is 4. The summed E-state index contributed by atoms with van der Waals surface area (Å²) in [5.41, 5.74) is -0.487. The first-order chi connectivity index (χ1) is 10.3. The zero-order chi connectivity index (χ0) is 16.3. The molecule has 2 unspecified atom stereocenters. The monoisotopic (exact) mass is 327 g/mol. The number of amides is 1. The zero-order valence-electron chi connectivity index (χ0n) is 13.8. The number of ether oxygens (including phenoxy) is 2. The Labute approximate surface area is 135 Å². The first kappa shape index (κ1) is 17.2. The lowest BCUT2D eigenvalue weighted by Gasteiger charge is -2.24. The molecule has 0 aromatic carbocycles. The number of aromatic nitrogens is 1. The van der Waals surface area contributed by atoms with E-state index in [4.69, 9.17) is 9.47 Å². The lowest BCUT2D eigenvalue weighted by molar-refractivity contribution is 0.0252.